The lowest BCUT2D eigenvalue weighted by Crippen LogP contribution is -2.16. The third-order valence-corrected chi connectivity index (χ3v) is 5.69. The molecule has 0 amide bonds. The summed E-state index contributed by atoms with van der Waals surface area (Å²) >= 11 is 1.63. The predicted molar refractivity (Wildman–Crippen MR) is 112 cm³/mol. The molecule has 0 radical (unpaired) electrons. The zero-order valence-electron chi connectivity index (χ0n) is 16.3. The van der Waals surface area contributed by atoms with Gasteiger partial charge in [0.05, 0.1) is 11.0 Å². The minimum atomic E-state index is 0.644. The van der Waals surface area contributed by atoms with Crippen LogP contribution in [0.25, 0.3) is 17.0 Å². The van der Waals surface area contributed by atoms with E-state index in [9.17, 15) is 0 Å². The zero-order chi connectivity index (χ0) is 19.5. The van der Waals surface area contributed by atoms with Crippen molar-refractivity contribution in [2.75, 3.05) is 12.3 Å². The van der Waals surface area contributed by atoms with Crippen molar-refractivity contribution in [1.82, 2.24) is 35.1 Å². The van der Waals surface area contributed by atoms with Crippen molar-refractivity contribution in [1.29, 1.82) is 0 Å². The Labute approximate surface area is 168 Å². The molecule has 8 nitrogen and oxygen atoms in total. The SMILES string of the molecule is C/C=C(\N=C(C)CSc1nc2ccccc2n1-c1nnnn1C)NCC1CC1. The number of thioether (sulfide) groups is 1. The molecule has 9 heteroatoms. The first-order chi connectivity index (χ1) is 13.7. The largest absolute Gasteiger partial charge is 0.370 e. The van der Waals surface area contributed by atoms with Crippen molar-refractivity contribution in [3.05, 3.63) is 36.2 Å². The second-order valence-electron chi connectivity index (χ2n) is 6.95. The highest BCUT2D eigenvalue weighted by atomic mass is 32.2. The Morgan fingerprint density at radius 1 is 1.36 bits per heavy atom. The van der Waals surface area contributed by atoms with Gasteiger partial charge in [-0.3, -0.25) is 4.57 Å². The van der Waals surface area contributed by atoms with Crippen LogP contribution in [0, 0.1) is 5.92 Å². The minimum Gasteiger partial charge on any atom is -0.370 e. The van der Waals surface area contributed by atoms with Gasteiger partial charge in [0, 0.05) is 25.1 Å². The van der Waals surface area contributed by atoms with Crippen LogP contribution in [0.15, 0.2) is 46.3 Å². The number of aryl methyl sites for hydroxylation is 1. The fraction of sp³-hybridized carbons (Fsp3) is 0.421. The number of tetrazole rings is 1. The topological polar surface area (TPSA) is 85.8 Å². The molecule has 1 aliphatic rings. The van der Waals surface area contributed by atoms with Gasteiger partial charge in [-0.05, 0) is 61.2 Å². The molecule has 1 fully saturated rings. The molecule has 0 saturated heterocycles. The van der Waals surface area contributed by atoms with Crippen molar-refractivity contribution < 1.29 is 0 Å². The maximum Gasteiger partial charge on any atom is 0.256 e. The summed E-state index contributed by atoms with van der Waals surface area (Å²) in [5.74, 6) is 3.14. The van der Waals surface area contributed by atoms with E-state index in [0.717, 1.165) is 45.9 Å². The third-order valence-electron chi connectivity index (χ3n) is 4.59. The van der Waals surface area contributed by atoms with Gasteiger partial charge in [-0.1, -0.05) is 29.0 Å². The Morgan fingerprint density at radius 3 is 2.89 bits per heavy atom. The van der Waals surface area contributed by atoms with E-state index in [1.807, 2.05) is 55.8 Å². The molecule has 146 valence electrons. The second kappa shape index (κ2) is 8.14. The van der Waals surface area contributed by atoms with Crippen LogP contribution < -0.4 is 5.32 Å². The van der Waals surface area contributed by atoms with Gasteiger partial charge in [0.1, 0.15) is 5.82 Å². The minimum absolute atomic E-state index is 0.644. The molecule has 1 aromatic carbocycles. The van der Waals surface area contributed by atoms with E-state index in [-0.39, 0.29) is 0 Å². The van der Waals surface area contributed by atoms with Crippen molar-refractivity contribution >= 4 is 28.5 Å². The summed E-state index contributed by atoms with van der Waals surface area (Å²) in [6.07, 6.45) is 4.68. The fourth-order valence-electron chi connectivity index (χ4n) is 2.89. The van der Waals surface area contributed by atoms with Gasteiger partial charge in [-0.2, -0.15) is 0 Å². The number of aromatic nitrogens is 6. The van der Waals surface area contributed by atoms with Crippen LogP contribution in [0.4, 0.5) is 0 Å². The van der Waals surface area contributed by atoms with E-state index in [4.69, 9.17) is 9.98 Å². The highest BCUT2D eigenvalue weighted by Crippen LogP contribution is 2.28. The van der Waals surface area contributed by atoms with Crippen LogP contribution in [0.2, 0.25) is 0 Å². The van der Waals surface area contributed by atoms with E-state index in [1.165, 1.54) is 12.8 Å². The standard InChI is InChI=1S/C19H24N8S/c1-4-17(20-11-14-9-10-14)21-13(2)12-28-19-22-15-7-5-6-8-16(15)27(19)18-23-24-25-26(18)3/h4-8,14,20H,9-12H2,1-3H3/b17-4-,21-13?. The first-order valence-electron chi connectivity index (χ1n) is 9.43. The van der Waals surface area contributed by atoms with E-state index < -0.39 is 0 Å². The summed E-state index contributed by atoms with van der Waals surface area (Å²) in [7, 11) is 1.83. The quantitative estimate of drug-likeness (QED) is 0.465. The first-order valence-corrected chi connectivity index (χ1v) is 10.4. The molecule has 2 aromatic heterocycles. The molecule has 4 rings (SSSR count). The molecule has 28 heavy (non-hydrogen) atoms. The molecular weight excluding hydrogens is 372 g/mol. The molecule has 0 spiro atoms. The number of benzene rings is 1. The number of para-hydroxylation sites is 2. The fourth-order valence-corrected chi connectivity index (χ4v) is 3.77. The Bertz CT molecular complexity index is 1030. The number of hydrogen-bond donors (Lipinski definition) is 1. The summed E-state index contributed by atoms with van der Waals surface area (Å²) in [4.78, 5) is 9.52. The van der Waals surface area contributed by atoms with Crippen molar-refractivity contribution in [2.45, 2.75) is 31.8 Å². The number of allylic oxidation sites excluding steroid dienone is 1. The van der Waals surface area contributed by atoms with E-state index in [2.05, 4.69) is 20.8 Å². The van der Waals surface area contributed by atoms with Gasteiger partial charge in [-0.15, -0.1) is 0 Å². The maximum absolute atomic E-state index is 4.78. The van der Waals surface area contributed by atoms with Crippen LogP contribution in [0.3, 0.4) is 0 Å². The third kappa shape index (κ3) is 4.09. The van der Waals surface area contributed by atoms with Gasteiger partial charge < -0.3 is 5.32 Å². The van der Waals surface area contributed by atoms with E-state index in [1.54, 1.807) is 16.4 Å². The number of imidazole rings is 1. The summed E-state index contributed by atoms with van der Waals surface area (Å²) in [5, 5.41) is 16.2. The molecule has 0 atom stereocenters. The molecule has 0 bridgehead atoms. The van der Waals surface area contributed by atoms with Crippen molar-refractivity contribution in [3.63, 3.8) is 0 Å². The molecule has 2 heterocycles. The lowest BCUT2D eigenvalue weighted by molar-refractivity contribution is 0.682. The van der Waals surface area contributed by atoms with Crippen molar-refractivity contribution in [3.8, 4) is 5.95 Å². The molecular formula is C19H24N8S. The van der Waals surface area contributed by atoms with Gasteiger partial charge in [-0.25, -0.2) is 14.7 Å². The molecule has 0 unspecified atom stereocenters. The zero-order valence-corrected chi connectivity index (χ0v) is 17.1. The number of hydrogen-bond acceptors (Lipinski definition) is 7. The van der Waals surface area contributed by atoms with Gasteiger partial charge in [0.15, 0.2) is 5.16 Å². The van der Waals surface area contributed by atoms with Crippen LogP contribution in [-0.2, 0) is 7.05 Å². The second-order valence-corrected chi connectivity index (χ2v) is 7.90. The van der Waals surface area contributed by atoms with Gasteiger partial charge in [0.2, 0.25) is 0 Å². The number of fused-ring (bicyclic) bond motifs is 1. The summed E-state index contributed by atoms with van der Waals surface area (Å²) in [5.41, 5.74) is 2.94. The monoisotopic (exact) mass is 396 g/mol. The molecule has 1 N–H and O–H groups in total. The van der Waals surface area contributed by atoms with Crippen molar-refractivity contribution in [2.24, 2.45) is 18.0 Å². The normalized spacial score (nSPS) is 15.4. The molecule has 0 aliphatic heterocycles. The van der Waals surface area contributed by atoms with Crippen LogP contribution >= 0.6 is 11.8 Å². The average Bonchev–Trinajstić information content (AvgIpc) is 3.33. The average molecular weight is 397 g/mol. The van der Waals surface area contributed by atoms with Crippen LogP contribution in [-0.4, -0.2) is 47.8 Å². The highest BCUT2D eigenvalue weighted by molar-refractivity contribution is 7.99. The number of aliphatic imine (C=N–C) groups is 1. The molecule has 3 aromatic rings. The predicted octanol–water partition coefficient (Wildman–Crippen LogP) is 2.96. The molecule has 1 aliphatic carbocycles. The summed E-state index contributed by atoms with van der Waals surface area (Å²) < 4.78 is 3.65. The lowest BCUT2D eigenvalue weighted by Gasteiger charge is -2.08. The number of rotatable bonds is 8. The number of nitrogens with zero attached hydrogens (tertiary/aromatic N) is 7. The number of nitrogens with one attached hydrogen (secondary N) is 1. The molecule has 1 saturated carbocycles. The Morgan fingerprint density at radius 2 is 2.18 bits per heavy atom. The van der Waals surface area contributed by atoms with Crippen LogP contribution in [0.5, 0.6) is 0 Å². The van der Waals surface area contributed by atoms with Crippen LogP contribution in [0.1, 0.15) is 26.7 Å². The first kappa shape index (κ1) is 18.7. The van der Waals surface area contributed by atoms with E-state index in [0.29, 0.717) is 5.95 Å². The summed E-state index contributed by atoms with van der Waals surface area (Å²) in [6.45, 7) is 5.07. The maximum atomic E-state index is 4.78. The lowest BCUT2D eigenvalue weighted by atomic mass is 10.3. The van der Waals surface area contributed by atoms with Gasteiger partial charge in [0.25, 0.3) is 5.95 Å². The summed E-state index contributed by atoms with van der Waals surface area (Å²) in [6, 6.07) is 8.01. The van der Waals surface area contributed by atoms with E-state index >= 15 is 0 Å². The Hall–Kier alpha value is -2.68. The Balaban J connectivity index is 1.54. The smallest absolute Gasteiger partial charge is 0.256 e. The van der Waals surface area contributed by atoms with Gasteiger partial charge >= 0.3 is 0 Å². The highest BCUT2D eigenvalue weighted by Gasteiger charge is 2.21. The Kier molecular flexibility index (Phi) is 5.43.